The first-order valence-electron chi connectivity index (χ1n) is 10.2. The summed E-state index contributed by atoms with van der Waals surface area (Å²) in [6.45, 7) is 4.47. The average Bonchev–Trinajstić information content (AvgIpc) is 2.82. The standard InChI is InChI=1S/C25H26N2O4/c1-3-18(2)31-23-15-11-21(12-16-23)25(29)27-26-24(28)20-9-13-22(14-10-20)30-17-19-7-5-4-6-8-19/h4-16,18H,3,17H2,1-2H3,(H,26,28)(H,27,29). The van der Waals surface area contributed by atoms with Crippen LogP contribution in [0.3, 0.4) is 0 Å². The predicted molar refractivity (Wildman–Crippen MR) is 119 cm³/mol. The molecule has 1 unspecified atom stereocenters. The highest BCUT2D eigenvalue weighted by Gasteiger charge is 2.10. The lowest BCUT2D eigenvalue weighted by molar-refractivity contribution is 0.0846. The molecule has 2 N–H and O–H groups in total. The van der Waals surface area contributed by atoms with Gasteiger partial charge in [-0.25, -0.2) is 0 Å². The topological polar surface area (TPSA) is 76.7 Å². The van der Waals surface area contributed by atoms with Gasteiger partial charge in [0.05, 0.1) is 6.10 Å². The molecule has 6 heteroatoms. The van der Waals surface area contributed by atoms with Gasteiger partial charge in [-0.1, -0.05) is 37.3 Å². The summed E-state index contributed by atoms with van der Waals surface area (Å²) in [5.41, 5.74) is 6.73. The molecule has 0 aliphatic rings. The Balaban J connectivity index is 1.48. The molecule has 0 aliphatic heterocycles. The number of hydrogen-bond acceptors (Lipinski definition) is 4. The number of benzene rings is 3. The van der Waals surface area contributed by atoms with Crippen LogP contribution < -0.4 is 20.3 Å². The Bertz CT molecular complexity index is 986. The molecular formula is C25H26N2O4. The number of hydrazine groups is 1. The van der Waals surface area contributed by atoms with E-state index in [9.17, 15) is 9.59 Å². The normalized spacial score (nSPS) is 11.3. The lowest BCUT2D eigenvalue weighted by Crippen LogP contribution is -2.41. The Morgan fingerprint density at radius 3 is 1.81 bits per heavy atom. The van der Waals surface area contributed by atoms with E-state index < -0.39 is 11.8 Å². The van der Waals surface area contributed by atoms with Crippen molar-refractivity contribution in [3.05, 3.63) is 95.6 Å². The second-order valence-corrected chi connectivity index (χ2v) is 7.07. The minimum absolute atomic E-state index is 0.106. The SMILES string of the molecule is CCC(C)Oc1ccc(C(=O)NNC(=O)c2ccc(OCc3ccccc3)cc2)cc1. The monoisotopic (exact) mass is 418 g/mol. The van der Waals surface area contributed by atoms with Crippen LogP contribution in [-0.2, 0) is 6.61 Å². The maximum absolute atomic E-state index is 12.3. The lowest BCUT2D eigenvalue weighted by Gasteiger charge is -2.13. The van der Waals surface area contributed by atoms with Gasteiger partial charge in [0.15, 0.2) is 0 Å². The molecule has 2 amide bonds. The van der Waals surface area contributed by atoms with Crippen molar-refractivity contribution < 1.29 is 19.1 Å². The van der Waals surface area contributed by atoms with E-state index in [1.165, 1.54) is 0 Å². The molecule has 0 spiro atoms. The van der Waals surface area contributed by atoms with Crippen molar-refractivity contribution in [3.8, 4) is 11.5 Å². The number of ether oxygens (including phenoxy) is 2. The highest BCUT2D eigenvalue weighted by atomic mass is 16.5. The van der Waals surface area contributed by atoms with Crippen LogP contribution in [0.25, 0.3) is 0 Å². The first kappa shape index (κ1) is 21.9. The van der Waals surface area contributed by atoms with E-state index in [4.69, 9.17) is 9.47 Å². The van der Waals surface area contributed by atoms with Crippen LogP contribution in [0.5, 0.6) is 11.5 Å². The predicted octanol–water partition coefficient (Wildman–Crippen LogP) is 4.52. The van der Waals surface area contributed by atoms with Gasteiger partial charge in [0.1, 0.15) is 18.1 Å². The van der Waals surface area contributed by atoms with Crippen LogP contribution in [0.4, 0.5) is 0 Å². The Hall–Kier alpha value is -3.80. The van der Waals surface area contributed by atoms with Crippen LogP contribution in [0, 0.1) is 0 Å². The molecule has 0 saturated carbocycles. The third-order valence-corrected chi connectivity index (χ3v) is 4.68. The maximum atomic E-state index is 12.3. The number of rotatable bonds is 8. The van der Waals surface area contributed by atoms with E-state index in [0.29, 0.717) is 29.2 Å². The van der Waals surface area contributed by atoms with E-state index in [1.807, 2.05) is 44.2 Å². The van der Waals surface area contributed by atoms with Crippen molar-refractivity contribution in [1.82, 2.24) is 10.9 Å². The number of carbonyl (C=O) groups is 2. The summed E-state index contributed by atoms with van der Waals surface area (Å²) in [4.78, 5) is 24.6. The summed E-state index contributed by atoms with van der Waals surface area (Å²) in [7, 11) is 0. The first-order valence-corrected chi connectivity index (χ1v) is 10.2. The fourth-order valence-corrected chi connectivity index (χ4v) is 2.70. The van der Waals surface area contributed by atoms with Crippen molar-refractivity contribution in [3.63, 3.8) is 0 Å². The lowest BCUT2D eigenvalue weighted by atomic mass is 10.2. The minimum Gasteiger partial charge on any atom is -0.491 e. The molecule has 3 aromatic carbocycles. The van der Waals surface area contributed by atoms with Crippen molar-refractivity contribution in [2.75, 3.05) is 0 Å². The van der Waals surface area contributed by atoms with Gasteiger partial charge in [-0.15, -0.1) is 0 Å². The first-order chi connectivity index (χ1) is 15.0. The summed E-state index contributed by atoms with van der Waals surface area (Å²) < 4.78 is 11.4. The van der Waals surface area contributed by atoms with Crippen LogP contribution >= 0.6 is 0 Å². The molecule has 0 fully saturated rings. The molecule has 6 nitrogen and oxygen atoms in total. The zero-order chi connectivity index (χ0) is 22.1. The van der Waals surface area contributed by atoms with E-state index in [-0.39, 0.29) is 6.10 Å². The fourth-order valence-electron chi connectivity index (χ4n) is 2.70. The Kier molecular flexibility index (Phi) is 7.65. The smallest absolute Gasteiger partial charge is 0.269 e. The van der Waals surface area contributed by atoms with E-state index >= 15 is 0 Å². The summed E-state index contributed by atoms with van der Waals surface area (Å²) in [6, 6.07) is 23.3. The van der Waals surface area contributed by atoms with Crippen LogP contribution in [0.2, 0.25) is 0 Å². The molecule has 0 aromatic heterocycles. The maximum Gasteiger partial charge on any atom is 0.269 e. The van der Waals surface area contributed by atoms with Gasteiger partial charge in [-0.3, -0.25) is 20.4 Å². The fraction of sp³-hybridized carbons (Fsp3) is 0.200. The van der Waals surface area contributed by atoms with Gasteiger partial charge in [0.2, 0.25) is 0 Å². The molecule has 0 heterocycles. The Morgan fingerprint density at radius 2 is 1.29 bits per heavy atom. The third-order valence-electron chi connectivity index (χ3n) is 4.68. The van der Waals surface area contributed by atoms with Gasteiger partial charge >= 0.3 is 0 Å². The number of carbonyl (C=O) groups excluding carboxylic acids is 2. The number of nitrogens with one attached hydrogen (secondary N) is 2. The second kappa shape index (κ2) is 10.8. The molecule has 3 aromatic rings. The summed E-state index contributed by atoms with van der Waals surface area (Å²) in [5.74, 6) is 0.527. The molecule has 160 valence electrons. The quantitative estimate of drug-likeness (QED) is 0.528. The van der Waals surface area contributed by atoms with Gasteiger partial charge in [-0.2, -0.15) is 0 Å². The Labute approximate surface area is 182 Å². The zero-order valence-electron chi connectivity index (χ0n) is 17.6. The van der Waals surface area contributed by atoms with Crippen LogP contribution in [-0.4, -0.2) is 17.9 Å². The summed E-state index contributed by atoms with van der Waals surface area (Å²) in [6.07, 6.45) is 1.00. The summed E-state index contributed by atoms with van der Waals surface area (Å²) in [5, 5.41) is 0. The Morgan fingerprint density at radius 1 is 0.774 bits per heavy atom. The van der Waals surface area contributed by atoms with Gasteiger partial charge in [0, 0.05) is 11.1 Å². The van der Waals surface area contributed by atoms with Crippen molar-refractivity contribution in [2.45, 2.75) is 33.0 Å². The molecule has 31 heavy (non-hydrogen) atoms. The highest BCUT2D eigenvalue weighted by molar-refractivity contribution is 5.99. The number of amides is 2. The van der Waals surface area contributed by atoms with E-state index in [2.05, 4.69) is 10.9 Å². The van der Waals surface area contributed by atoms with E-state index in [1.54, 1.807) is 48.5 Å². The van der Waals surface area contributed by atoms with E-state index in [0.717, 1.165) is 12.0 Å². The highest BCUT2D eigenvalue weighted by Crippen LogP contribution is 2.16. The second-order valence-electron chi connectivity index (χ2n) is 7.07. The average molecular weight is 418 g/mol. The molecule has 0 radical (unpaired) electrons. The van der Waals surface area contributed by atoms with Crippen molar-refractivity contribution in [2.24, 2.45) is 0 Å². The van der Waals surface area contributed by atoms with Crippen molar-refractivity contribution >= 4 is 11.8 Å². The van der Waals surface area contributed by atoms with Crippen molar-refractivity contribution in [1.29, 1.82) is 0 Å². The molecule has 3 rings (SSSR count). The number of hydrogen-bond donors (Lipinski definition) is 2. The van der Waals surface area contributed by atoms with Gasteiger partial charge < -0.3 is 9.47 Å². The molecule has 1 atom stereocenters. The molecule has 0 aliphatic carbocycles. The van der Waals surface area contributed by atoms with Crippen LogP contribution in [0.1, 0.15) is 46.5 Å². The van der Waals surface area contributed by atoms with Gasteiger partial charge in [-0.05, 0) is 67.4 Å². The molecular weight excluding hydrogens is 392 g/mol. The minimum atomic E-state index is -0.417. The summed E-state index contributed by atoms with van der Waals surface area (Å²) >= 11 is 0. The van der Waals surface area contributed by atoms with Crippen LogP contribution in [0.15, 0.2) is 78.9 Å². The third kappa shape index (κ3) is 6.60. The van der Waals surface area contributed by atoms with Gasteiger partial charge in [0.25, 0.3) is 11.8 Å². The molecule has 0 bridgehead atoms. The molecule has 0 saturated heterocycles. The largest absolute Gasteiger partial charge is 0.491 e. The zero-order valence-corrected chi connectivity index (χ0v) is 17.6.